The normalized spacial score (nSPS) is 10.2. The number of nitro groups is 1. The van der Waals surface area contributed by atoms with E-state index < -0.39 is 28.6 Å². The minimum Gasteiger partial charge on any atom is -0.465 e. The summed E-state index contributed by atoms with van der Waals surface area (Å²) in [6.45, 7) is 0. The van der Waals surface area contributed by atoms with Gasteiger partial charge < -0.3 is 4.74 Å². The van der Waals surface area contributed by atoms with Crippen LogP contribution in [0.25, 0.3) is 0 Å². The molecule has 0 saturated carbocycles. The highest BCUT2D eigenvalue weighted by Gasteiger charge is 2.22. The van der Waals surface area contributed by atoms with Crippen molar-refractivity contribution in [1.82, 2.24) is 0 Å². The number of halogens is 2. The lowest BCUT2D eigenvalue weighted by molar-refractivity contribution is -0.385. The van der Waals surface area contributed by atoms with Crippen LogP contribution in [0.3, 0.4) is 0 Å². The first kappa shape index (κ1) is 12.0. The van der Waals surface area contributed by atoms with Crippen molar-refractivity contribution in [1.29, 1.82) is 0 Å². The number of hydrogen-bond donors (Lipinski definition) is 0. The first-order valence-electron chi connectivity index (χ1n) is 4.12. The molecule has 86 valence electrons. The molecular formula is C9H7F2NO4. The van der Waals surface area contributed by atoms with E-state index in [1.807, 2.05) is 0 Å². The molecule has 7 heteroatoms. The predicted molar refractivity (Wildman–Crippen MR) is 49.4 cm³/mol. The fraction of sp³-hybridized carbons (Fsp3) is 0.222. The maximum absolute atomic E-state index is 12.5. The number of rotatable bonds is 3. The van der Waals surface area contributed by atoms with Crippen LogP contribution >= 0.6 is 0 Å². The van der Waals surface area contributed by atoms with Crippen molar-refractivity contribution >= 4 is 11.7 Å². The summed E-state index contributed by atoms with van der Waals surface area (Å²) < 4.78 is 29.4. The molecule has 0 unspecified atom stereocenters. The molecule has 0 amide bonds. The molecule has 0 aliphatic heterocycles. The van der Waals surface area contributed by atoms with Crippen molar-refractivity contribution in [2.45, 2.75) is 6.43 Å². The lowest BCUT2D eigenvalue weighted by Crippen LogP contribution is -2.06. The van der Waals surface area contributed by atoms with Crippen molar-refractivity contribution in [3.63, 3.8) is 0 Å². The van der Waals surface area contributed by atoms with E-state index in [1.54, 1.807) is 0 Å². The summed E-state index contributed by atoms with van der Waals surface area (Å²) in [7, 11) is 1.04. The van der Waals surface area contributed by atoms with Gasteiger partial charge in [-0.25, -0.2) is 13.6 Å². The summed E-state index contributed by atoms with van der Waals surface area (Å²) in [4.78, 5) is 20.7. The minimum absolute atomic E-state index is 0.372. The van der Waals surface area contributed by atoms with Gasteiger partial charge in [-0.3, -0.25) is 10.1 Å². The van der Waals surface area contributed by atoms with Gasteiger partial charge in [-0.1, -0.05) is 0 Å². The Labute approximate surface area is 88.8 Å². The third-order valence-corrected chi connectivity index (χ3v) is 1.89. The summed E-state index contributed by atoms with van der Waals surface area (Å²) in [5.74, 6) is -0.954. The van der Waals surface area contributed by atoms with Gasteiger partial charge in [0.15, 0.2) is 0 Å². The first-order valence-corrected chi connectivity index (χ1v) is 4.12. The zero-order chi connectivity index (χ0) is 12.3. The third kappa shape index (κ3) is 2.30. The van der Waals surface area contributed by atoms with Crippen LogP contribution in [0.1, 0.15) is 22.3 Å². The van der Waals surface area contributed by atoms with Crippen LogP contribution in [-0.2, 0) is 4.74 Å². The van der Waals surface area contributed by atoms with E-state index in [1.165, 1.54) is 0 Å². The molecule has 16 heavy (non-hydrogen) atoms. The quantitative estimate of drug-likeness (QED) is 0.454. The number of benzene rings is 1. The van der Waals surface area contributed by atoms with Crippen LogP contribution in [0, 0.1) is 10.1 Å². The number of methoxy groups -OCH3 is 1. The van der Waals surface area contributed by atoms with Crippen LogP contribution in [-0.4, -0.2) is 18.0 Å². The topological polar surface area (TPSA) is 69.4 Å². The third-order valence-electron chi connectivity index (χ3n) is 1.89. The minimum atomic E-state index is -2.98. The van der Waals surface area contributed by atoms with E-state index in [4.69, 9.17) is 0 Å². The maximum Gasteiger partial charge on any atom is 0.338 e. The molecule has 0 bridgehead atoms. The lowest BCUT2D eigenvalue weighted by Gasteiger charge is -2.06. The molecule has 0 atom stereocenters. The highest BCUT2D eigenvalue weighted by Crippen LogP contribution is 2.27. The van der Waals surface area contributed by atoms with Gasteiger partial charge in [0.1, 0.15) is 0 Å². The number of alkyl halides is 2. The van der Waals surface area contributed by atoms with Gasteiger partial charge in [-0.05, 0) is 6.07 Å². The van der Waals surface area contributed by atoms with Crippen LogP contribution in [0.2, 0.25) is 0 Å². The van der Waals surface area contributed by atoms with Crippen molar-refractivity contribution in [2.24, 2.45) is 0 Å². The molecule has 0 N–H and O–H groups in total. The van der Waals surface area contributed by atoms with Gasteiger partial charge in [-0.2, -0.15) is 0 Å². The average molecular weight is 231 g/mol. The van der Waals surface area contributed by atoms with Crippen LogP contribution < -0.4 is 0 Å². The summed E-state index contributed by atoms with van der Waals surface area (Å²) in [5.41, 5.74) is -1.58. The Kier molecular flexibility index (Phi) is 3.49. The van der Waals surface area contributed by atoms with E-state index >= 15 is 0 Å². The van der Waals surface area contributed by atoms with E-state index in [0.29, 0.717) is 6.07 Å². The molecule has 0 saturated heterocycles. The molecule has 5 nitrogen and oxygen atoms in total. The maximum atomic E-state index is 12.5. The van der Waals surface area contributed by atoms with E-state index in [0.717, 1.165) is 19.2 Å². The second kappa shape index (κ2) is 4.65. The van der Waals surface area contributed by atoms with E-state index in [2.05, 4.69) is 4.74 Å². The molecule has 0 radical (unpaired) electrons. The highest BCUT2D eigenvalue weighted by molar-refractivity contribution is 5.91. The summed E-state index contributed by atoms with van der Waals surface area (Å²) in [6, 6.07) is 2.58. The van der Waals surface area contributed by atoms with Crippen molar-refractivity contribution in [3.8, 4) is 0 Å². The Bertz CT molecular complexity index is 434. The van der Waals surface area contributed by atoms with E-state index in [9.17, 15) is 23.7 Å². The van der Waals surface area contributed by atoms with Gasteiger partial charge in [-0.15, -0.1) is 0 Å². The Morgan fingerprint density at radius 1 is 1.50 bits per heavy atom. The molecule has 0 fully saturated rings. The second-order valence-corrected chi connectivity index (χ2v) is 2.82. The fourth-order valence-corrected chi connectivity index (χ4v) is 1.14. The lowest BCUT2D eigenvalue weighted by atomic mass is 10.1. The zero-order valence-corrected chi connectivity index (χ0v) is 8.15. The van der Waals surface area contributed by atoms with Crippen molar-refractivity contribution < 1.29 is 23.2 Å². The predicted octanol–water partition coefficient (Wildman–Crippen LogP) is 2.32. The first-order chi connectivity index (χ1) is 7.47. The number of nitro benzene ring substituents is 1. The number of ether oxygens (including phenoxy) is 1. The molecule has 1 rings (SSSR count). The summed E-state index contributed by atoms with van der Waals surface area (Å²) in [5, 5.41) is 10.4. The molecule has 1 aromatic rings. The molecule has 0 spiro atoms. The number of carbonyl (C=O) groups excluding carboxylic acids is 1. The highest BCUT2D eigenvalue weighted by atomic mass is 19.3. The smallest absolute Gasteiger partial charge is 0.338 e. The Morgan fingerprint density at radius 3 is 2.56 bits per heavy atom. The van der Waals surface area contributed by atoms with E-state index in [-0.39, 0.29) is 5.56 Å². The largest absolute Gasteiger partial charge is 0.465 e. The molecular weight excluding hydrogens is 224 g/mol. The summed E-state index contributed by atoms with van der Waals surface area (Å²) >= 11 is 0. The summed E-state index contributed by atoms with van der Waals surface area (Å²) in [6.07, 6.45) is -2.98. The molecule has 0 aromatic heterocycles. The molecule has 1 aromatic carbocycles. The fourth-order valence-electron chi connectivity index (χ4n) is 1.14. The van der Waals surface area contributed by atoms with Gasteiger partial charge in [0.05, 0.1) is 17.6 Å². The monoisotopic (exact) mass is 231 g/mol. The molecule has 0 aliphatic rings. The Morgan fingerprint density at radius 2 is 2.12 bits per heavy atom. The SMILES string of the molecule is COC(=O)c1ccc([N+](=O)[O-])cc1C(F)F. The molecule has 0 aliphatic carbocycles. The standard InChI is InChI=1S/C9H7F2NO4/c1-16-9(13)6-3-2-5(12(14)15)4-7(6)8(10)11/h2-4,8H,1H3. The number of non-ortho nitro benzene ring substituents is 1. The van der Waals surface area contributed by atoms with Gasteiger partial charge in [0.2, 0.25) is 0 Å². The van der Waals surface area contributed by atoms with Crippen molar-refractivity contribution in [2.75, 3.05) is 7.11 Å². The van der Waals surface area contributed by atoms with Crippen LogP contribution in [0.15, 0.2) is 18.2 Å². The number of nitrogens with zero attached hydrogens (tertiary/aromatic N) is 1. The van der Waals surface area contributed by atoms with Crippen LogP contribution in [0.5, 0.6) is 0 Å². The average Bonchev–Trinajstić information content (AvgIpc) is 2.26. The zero-order valence-electron chi connectivity index (χ0n) is 8.15. The number of hydrogen-bond acceptors (Lipinski definition) is 4. The molecule has 0 heterocycles. The van der Waals surface area contributed by atoms with Gasteiger partial charge in [0, 0.05) is 17.7 Å². The Balaban J connectivity index is 3.30. The number of carbonyl (C=O) groups is 1. The van der Waals surface area contributed by atoms with Gasteiger partial charge >= 0.3 is 5.97 Å². The van der Waals surface area contributed by atoms with Crippen LogP contribution in [0.4, 0.5) is 14.5 Å². The van der Waals surface area contributed by atoms with Gasteiger partial charge in [0.25, 0.3) is 12.1 Å². The number of esters is 1. The Hall–Kier alpha value is -2.05. The van der Waals surface area contributed by atoms with Crippen molar-refractivity contribution in [3.05, 3.63) is 39.4 Å². The second-order valence-electron chi connectivity index (χ2n) is 2.82.